The number of rotatable bonds is 6. The zero-order valence-electron chi connectivity index (χ0n) is 12.6. The number of methoxy groups -OCH3 is 1. The number of hydrogen-bond donors (Lipinski definition) is 0. The maximum absolute atomic E-state index is 12.3. The van der Waals surface area contributed by atoms with Crippen LogP contribution < -0.4 is 4.74 Å². The summed E-state index contributed by atoms with van der Waals surface area (Å²) in [6, 6.07) is 5.18. The molecular formula is C16H22O4S. The molecule has 1 fully saturated rings. The number of benzene rings is 1. The van der Waals surface area contributed by atoms with E-state index in [0.29, 0.717) is 11.3 Å². The fraction of sp³-hybridized carbons (Fsp3) is 0.562. The van der Waals surface area contributed by atoms with E-state index in [1.54, 1.807) is 18.2 Å². The van der Waals surface area contributed by atoms with Gasteiger partial charge in [0.25, 0.3) is 0 Å². The van der Waals surface area contributed by atoms with Crippen molar-refractivity contribution in [1.29, 1.82) is 0 Å². The van der Waals surface area contributed by atoms with E-state index in [9.17, 15) is 13.2 Å². The lowest BCUT2D eigenvalue weighted by molar-refractivity contribution is 0.101. The summed E-state index contributed by atoms with van der Waals surface area (Å²) in [7, 11) is -1.87. The molecule has 0 N–H and O–H groups in total. The van der Waals surface area contributed by atoms with Crippen LogP contribution in [0, 0.1) is 12.8 Å². The van der Waals surface area contributed by atoms with Crippen molar-refractivity contribution in [3.63, 3.8) is 0 Å². The van der Waals surface area contributed by atoms with Crippen molar-refractivity contribution in [3.8, 4) is 5.75 Å². The minimum atomic E-state index is -3.35. The van der Waals surface area contributed by atoms with E-state index in [-0.39, 0.29) is 17.5 Å². The molecule has 1 saturated carbocycles. The largest absolute Gasteiger partial charge is 0.496 e. The van der Waals surface area contributed by atoms with Gasteiger partial charge in [-0.05, 0) is 43.4 Å². The third-order valence-corrected chi connectivity index (χ3v) is 5.65. The number of carbonyl (C=O) groups excluding carboxylic acids is 1. The molecule has 4 nitrogen and oxygen atoms in total. The molecule has 0 radical (unpaired) electrons. The molecule has 1 aromatic rings. The van der Waals surface area contributed by atoms with Crippen molar-refractivity contribution in [1.82, 2.24) is 0 Å². The molecule has 0 unspecified atom stereocenters. The zero-order chi connectivity index (χ0) is 15.5. The molecule has 0 spiro atoms. The molecule has 0 heterocycles. The lowest BCUT2D eigenvalue weighted by Gasteiger charge is -2.11. The number of hydrogen-bond acceptors (Lipinski definition) is 4. The topological polar surface area (TPSA) is 60.4 Å². The molecule has 21 heavy (non-hydrogen) atoms. The molecule has 1 aliphatic rings. The van der Waals surface area contributed by atoms with E-state index in [2.05, 4.69) is 0 Å². The summed E-state index contributed by atoms with van der Waals surface area (Å²) < 4.78 is 29.5. The van der Waals surface area contributed by atoms with Crippen molar-refractivity contribution in [2.24, 2.45) is 5.92 Å². The normalized spacial score (nSPS) is 16.1. The van der Waals surface area contributed by atoms with Crippen LogP contribution in [-0.4, -0.2) is 32.8 Å². The first-order chi connectivity index (χ1) is 9.91. The second-order valence-corrected chi connectivity index (χ2v) is 7.94. The van der Waals surface area contributed by atoms with Crippen LogP contribution in [-0.2, 0) is 9.84 Å². The van der Waals surface area contributed by atoms with Crippen molar-refractivity contribution < 1.29 is 17.9 Å². The van der Waals surface area contributed by atoms with Gasteiger partial charge in [-0.2, -0.15) is 0 Å². The summed E-state index contributed by atoms with van der Waals surface area (Å²) >= 11 is 0. The lowest BCUT2D eigenvalue weighted by atomic mass is 10.1. The van der Waals surface area contributed by atoms with Crippen LogP contribution >= 0.6 is 0 Å². The number of ether oxygens (including phenoxy) is 1. The van der Waals surface area contributed by atoms with E-state index in [4.69, 9.17) is 4.74 Å². The average molecular weight is 310 g/mol. The van der Waals surface area contributed by atoms with E-state index >= 15 is 0 Å². The van der Waals surface area contributed by atoms with E-state index in [1.807, 2.05) is 6.92 Å². The van der Waals surface area contributed by atoms with Gasteiger partial charge in [0.2, 0.25) is 0 Å². The third-order valence-electron chi connectivity index (χ3n) is 3.97. The van der Waals surface area contributed by atoms with Crippen LogP contribution in [0.2, 0.25) is 0 Å². The molecular weight excluding hydrogens is 288 g/mol. The highest BCUT2D eigenvalue weighted by Crippen LogP contribution is 2.27. The Balaban J connectivity index is 2.09. The van der Waals surface area contributed by atoms with Crippen molar-refractivity contribution >= 4 is 15.6 Å². The zero-order valence-corrected chi connectivity index (χ0v) is 13.4. The molecule has 1 aliphatic carbocycles. The van der Waals surface area contributed by atoms with Gasteiger partial charge in [-0.15, -0.1) is 0 Å². The van der Waals surface area contributed by atoms with Gasteiger partial charge in [0, 0.05) is 0 Å². The van der Waals surface area contributed by atoms with Gasteiger partial charge in [0.1, 0.15) is 11.5 Å². The minimum absolute atomic E-state index is 0.132. The Hall–Kier alpha value is -1.36. The fourth-order valence-electron chi connectivity index (χ4n) is 2.90. The Kier molecular flexibility index (Phi) is 5.04. The number of carbonyl (C=O) groups is 1. The molecule has 2 rings (SSSR count). The van der Waals surface area contributed by atoms with Gasteiger partial charge < -0.3 is 4.74 Å². The molecule has 0 aromatic heterocycles. The highest BCUT2D eigenvalue weighted by Gasteiger charge is 2.26. The third kappa shape index (κ3) is 4.30. The SMILES string of the molecule is COc1cc(C)ccc1C(=O)CS(=O)(=O)CC1CCCC1. The first-order valence-corrected chi connectivity index (χ1v) is 9.11. The van der Waals surface area contributed by atoms with Crippen molar-refractivity contribution in [2.45, 2.75) is 32.6 Å². The van der Waals surface area contributed by atoms with E-state index in [0.717, 1.165) is 31.2 Å². The quantitative estimate of drug-likeness (QED) is 0.758. The average Bonchev–Trinajstić information content (AvgIpc) is 2.89. The first kappa shape index (κ1) is 16.0. The molecule has 116 valence electrons. The standard InChI is InChI=1S/C16H22O4S/c1-12-7-8-14(16(9-12)20-2)15(17)11-21(18,19)10-13-5-3-4-6-13/h7-9,13H,3-6,10-11H2,1-2H3. The highest BCUT2D eigenvalue weighted by atomic mass is 32.2. The minimum Gasteiger partial charge on any atom is -0.496 e. The Morgan fingerprint density at radius 1 is 1.29 bits per heavy atom. The predicted molar refractivity (Wildman–Crippen MR) is 82.7 cm³/mol. The smallest absolute Gasteiger partial charge is 0.181 e. The Bertz CT molecular complexity index is 613. The second kappa shape index (κ2) is 6.60. The summed E-state index contributed by atoms with van der Waals surface area (Å²) in [5.74, 6) is -0.0147. The van der Waals surface area contributed by atoms with Crippen LogP contribution in [0.5, 0.6) is 5.75 Å². The second-order valence-electron chi connectivity index (χ2n) is 5.83. The lowest BCUT2D eigenvalue weighted by Crippen LogP contribution is -2.23. The molecule has 0 aliphatic heterocycles. The molecule has 5 heteroatoms. The van der Waals surface area contributed by atoms with Gasteiger partial charge in [-0.25, -0.2) is 8.42 Å². The van der Waals surface area contributed by atoms with Crippen LogP contribution in [0.15, 0.2) is 18.2 Å². The Morgan fingerprint density at radius 3 is 2.57 bits per heavy atom. The van der Waals surface area contributed by atoms with E-state index < -0.39 is 15.6 Å². The predicted octanol–water partition coefficient (Wildman–Crippen LogP) is 2.79. The molecule has 0 saturated heterocycles. The van der Waals surface area contributed by atoms with Gasteiger partial charge in [-0.1, -0.05) is 18.9 Å². The molecule has 0 bridgehead atoms. The summed E-state index contributed by atoms with van der Waals surface area (Å²) in [5, 5.41) is 0. The van der Waals surface area contributed by atoms with Gasteiger partial charge in [0.15, 0.2) is 15.6 Å². The number of aryl methyl sites for hydroxylation is 1. The van der Waals surface area contributed by atoms with Crippen LogP contribution in [0.25, 0.3) is 0 Å². The monoisotopic (exact) mass is 310 g/mol. The van der Waals surface area contributed by atoms with E-state index in [1.165, 1.54) is 7.11 Å². The fourth-order valence-corrected chi connectivity index (χ4v) is 4.63. The van der Waals surface area contributed by atoms with Gasteiger partial charge >= 0.3 is 0 Å². The molecule has 1 aromatic carbocycles. The summed E-state index contributed by atoms with van der Waals surface area (Å²) in [5.41, 5.74) is 1.32. The maximum atomic E-state index is 12.3. The van der Waals surface area contributed by atoms with Crippen LogP contribution in [0.3, 0.4) is 0 Å². The summed E-state index contributed by atoms with van der Waals surface area (Å²) in [6.07, 6.45) is 4.11. The number of sulfone groups is 1. The Morgan fingerprint density at radius 2 is 1.95 bits per heavy atom. The first-order valence-electron chi connectivity index (χ1n) is 7.29. The van der Waals surface area contributed by atoms with Crippen LogP contribution in [0.1, 0.15) is 41.6 Å². The number of Topliss-reactive ketones (excluding diaryl/α,β-unsaturated/α-hetero) is 1. The van der Waals surface area contributed by atoms with Gasteiger partial charge in [0.05, 0.1) is 18.4 Å². The van der Waals surface area contributed by atoms with Crippen molar-refractivity contribution in [2.75, 3.05) is 18.6 Å². The highest BCUT2D eigenvalue weighted by molar-refractivity contribution is 7.92. The maximum Gasteiger partial charge on any atom is 0.181 e. The number of ketones is 1. The Labute approximate surface area is 126 Å². The molecule has 0 atom stereocenters. The van der Waals surface area contributed by atoms with Gasteiger partial charge in [-0.3, -0.25) is 4.79 Å². The molecule has 0 amide bonds. The summed E-state index contributed by atoms with van der Waals surface area (Å²) in [4.78, 5) is 12.3. The van der Waals surface area contributed by atoms with Crippen molar-refractivity contribution in [3.05, 3.63) is 29.3 Å². The van der Waals surface area contributed by atoms with Crippen LogP contribution in [0.4, 0.5) is 0 Å². The summed E-state index contributed by atoms with van der Waals surface area (Å²) in [6.45, 7) is 1.90.